The molecule has 0 fully saturated rings. The number of hydrogen-bond acceptors (Lipinski definition) is 2. The molecule has 0 saturated carbocycles. The number of nitrogens with zero attached hydrogens (tertiary/aromatic N) is 1. The summed E-state index contributed by atoms with van der Waals surface area (Å²) < 4.78 is 0. The van der Waals surface area contributed by atoms with Crippen LogP contribution in [-0.4, -0.2) is 10.7 Å². The Morgan fingerprint density at radius 3 is 2.33 bits per heavy atom. The summed E-state index contributed by atoms with van der Waals surface area (Å²) in [6.07, 6.45) is 5.07. The molecule has 1 aromatic heterocycles. The van der Waals surface area contributed by atoms with Gasteiger partial charge in [0.15, 0.2) is 0 Å². The summed E-state index contributed by atoms with van der Waals surface area (Å²) in [5.74, 6) is 0.842. The second kappa shape index (κ2) is 4.95. The van der Waals surface area contributed by atoms with Gasteiger partial charge in [0.2, 0.25) is 0 Å². The van der Waals surface area contributed by atoms with E-state index < -0.39 is 0 Å². The molecule has 0 bridgehead atoms. The van der Waals surface area contributed by atoms with Crippen molar-refractivity contribution in [1.29, 1.82) is 0 Å². The van der Waals surface area contributed by atoms with E-state index in [4.69, 9.17) is 23.2 Å². The third kappa shape index (κ3) is 2.54. The molecule has 1 nitrogen and oxygen atoms in total. The highest BCUT2D eigenvalue weighted by Gasteiger charge is 2.04. The van der Waals surface area contributed by atoms with Gasteiger partial charge in [-0.1, -0.05) is 23.2 Å². The van der Waals surface area contributed by atoms with Gasteiger partial charge in [0.25, 0.3) is 0 Å². The first-order valence-electron chi connectivity index (χ1n) is 3.64. The molecular formula is C8H9Cl2NS. The van der Waals surface area contributed by atoms with Crippen molar-refractivity contribution >= 4 is 35.8 Å². The van der Waals surface area contributed by atoms with Gasteiger partial charge >= 0.3 is 0 Å². The quantitative estimate of drug-likeness (QED) is 0.774. The molecule has 4 heteroatoms. The van der Waals surface area contributed by atoms with E-state index >= 15 is 0 Å². The van der Waals surface area contributed by atoms with Gasteiger partial charge in [0, 0.05) is 12.4 Å². The maximum Gasteiger partial charge on any atom is 0.0636 e. The largest absolute Gasteiger partial charge is 0.262 e. The minimum atomic E-state index is 0.643. The molecule has 0 saturated heterocycles. The number of rotatable bonds is 3. The molecule has 0 aliphatic rings. The highest BCUT2D eigenvalue weighted by Crippen LogP contribution is 2.23. The Balaban J connectivity index is 2.81. The van der Waals surface area contributed by atoms with Gasteiger partial charge in [-0.2, -0.15) is 12.6 Å². The summed E-state index contributed by atoms with van der Waals surface area (Å²) in [5.41, 5.74) is 0.974. The van der Waals surface area contributed by atoms with Gasteiger partial charge in [-0.15, -0.1) is 0 Å². The topological polar surface area (TPSA) is 12.9 Å². The first kappa shape index (κ1) is 10.2. The van der Waals surface area contributed by atoms with Crippen LogP contribution in [0.2, 0.25) is 10.0 Å². The van der Waals surface area contributed by atoms with Gasteiger partial charge in [0.05, 0.1) is 10.0 Å². The second-order valence-corrected chi connectivity index (χ2v) is 3.67. The molecule has 1 rings (SSSR count). The Labute approximate surface area is 87.5 Å². The Kier molecular flexibility index (Phi) is 4.19. The molecule has 66 valence electrons. The smallest absolute Gasteiger partial charge is 0.0636 e. The summed E-state index contributed by atoms with van der Waals surface area (Å²) in [7, 11) is 0. The molecule has 0 aromatic carbocycles. The summed E-state index contributed by atoms with van der Waals surface area (Å²) in [5, 5.41) is 1.29. The second-order valence-electron chi connectivity index (χ2n) is 2.41. The van der Waals surface area contributed by atoms with E-state index in [1.165, 1.54) is 0 Å². The molecule has 1 heterocycles. The average molecular weight is 222 g/mol. The lowest BCUT2D eigenvalue weighted by molar-refractivity contribution is 0.932. The lowest BCUT2D eigenvalue weighted by Gasteiger charge is -2.03. The Bertz CT molecular complexity index is 245. The third-order valence-corrected chi connectivity index (χ3v) is 2.50. The first-order valence-corrected chi connectivity index (χ1v) is 5.03. The fourth-order valence-corrected chi connectivity index (χ4v) is 1.64. The van der Waals surface area contributed by atoms with E-state index in [1.54, 1.807) is 12.4 Å². The minimum Gasteiger partial charge on any atom is -0.262 e. The SMILES string of the molecule is SCCCc1c(Cl)cncc1Cl. The van der Waals surface area contributed by atoms with Gasteiger partial charge in [-0.25, -0.2) is 0 Å². The number of hydrogen-bond donors (Lipinski definition) is 1. The normalized spacial score (nSPS) is 10.2. The average Bonchev–Trinajstić information content (AvgIpc) is 2.04. The highest BCUT2D eigenvalue weighted by molar-refractivity contribution is 7.80. The van der Waals surface area contributed by atoms with Crippen LogP contribution in [-0.2, 0) is 6.42 Å². The van der Waals surface area contributed by atoms with Crippen molar-refractivity contribution in [2.75, 3.05) is 5.75 Å². The van der Waals surface area contributed by atoms with Crippen LogP contribution >= 0.6 is 35.8 Å². The number of halogens is 2. The van der Waals surface area contributed by atoms with Gasteiger partial charge in [-0.05, 0) is 24.2 Å². The van der Waals surface area contributed by atoms with Crippen molar-refractivity contribution in [2.45, 2.75) is 12.8 Å². The van der Waals surface area contributed by atoms with Crippen molar-refractivity contribution in [1.82, 2.24) is 4.98 Å². The molecule has 0 spiro atoms. The van der Waals surface area contributed by atoms with Gasteiger partial charge in [-0.3, -0.25) is 4.98 Å². The fraction of sp³-hybridized carbons (Fsp3) is 0.375. The Morgan fingerprint density at radius 1 is 1.25 bits per heavy atom. The number of pyridine rings is 1. The van der Waals surface area contributed by atoms with Crippen molar-refractivity contribution in [3.05, 3.63) is 28.0 Å². The van der Waals surface area contributed by atoms with E-state index in [2.05, 4.69) is 17.6 Å². The van der Waals surface area contributed by atoms with E-state index in [9.17, 15) is 0 Å². The predicted molar refractivity (Wildman–Crippen MR) is 56.4 cm³/mol. The fourth-order valence-electron chi connectivity index (χ4n) is 0.933. The van der Waals surface area contributed by atoms with Crippen LogP contribution < -0.4 is 0 Å². The molecule has 0 radical (unpaired) electrons. The predicted octanol–water partition coefficient (Wildman–Crippen LogP) is 3.25. The lowest BCUT2D eigenvalue weighted by atomic mass is 10.1. The van der Waals surface area contributed by atoms with Crippen molar-refractivity contribution in [3.63, 3.8) is 0 Å². The zero-order chi connectivity index (χ0) is 8.97. The van der Waals surface area contributed by atoms with Gasteiger partial charge in [0.1, 0.15) is 0 Å². The lowest BCUT2D eigenvalue weighted by Crippen LogP contribution is -1.90. The zero-order valence-corrected chi connectivity index (χ0v) is 8.83. The summed E-state index contributed by atoms with van der Waals surface area (Å²) in [6, 6.07) is 0. The highest BCUT2D eigenvalue weighted by atomic mass is 35.5. The molecule has 0 aliphatic carbocycles. The van der Waals surface area contributed by atoms with Crippen LogP contribution in [0.15, 0.2) is 12.4 Å². The molecule has 0 amide bonds. The number of aromatic nitrogens is 1. The Hall–Kier alpha value is 0.0800. The van der Waals surface area contributed by atoms with Crippen LogP contribution in [0.1, 0.15) is 12.0 Å². The van der Waals surface area contributed by atoms with Crippen molar-refractivity contribution in [3.8, 4) is 0 Å². The van der Waals surface area contributed by atoms with Crippen LogP contribution in [0.25, 0.3) is 0 Å². The van der Waals surface area contributed by atoms with Crippen molar-refractivity contribution < 1.29 is 0 Å². The van der Waals surface area contributed by atoms with E-state index in [0.29, 0.717) is 10.0 Å². The monoisotopic (exact) mass is 221 g/mol. The molecule has 1 aromatic rings. The summed E-state index contributed by atoms with van der Waals surface area (Å²) in [6.45, 7) is 0. The van der Waals surface area contributed by atoms with Crippen LogP contribution in [0.5, 0.6) is 0 Å². The molecule has 0 aliphatic heterocycles. The zero-order valence-electron chi connectivity index (χ0n) is 6.43. The van der Waals surface area contributed by atoms with E-state index in [1.807, 2.05) is 0 Å². The molecule has 0 atom stereocenters. The summed E-state index contributed by atoms with van der Waals surface area (Å²) >= 11 is 15.9. The molecule has 12 heavy (non-hydrogen) atoms. The molecule has 0 unspecified atom stereocenters. The third-order valence-electron chi connectivity index (χ3n) is 1.54. The van der Waals surface area contributed by atoms with Crippen LogP contribution in [0, 0.1) is 0 Å². The maximum atomic E-state index is 5.89. The van der Waals surface area contributed by atoms with Crippen molar-refractivity contribution in [2.24, 2.45) is 0 Å². The van der Waals surface area contributed by atoms with E-state index in [-0.39, 0.29) is 0 Å². The molecule has 0 N–H and O–H groups in total. The maximum absolute atomic E-state index is 5.89. The number of thiol groups is 1. The minimum absolute atomic E-state index is 0.643. The first-order chi connectivity index (χ1) is 5.75. The Morgan fingerprint density at radius 2 is 1.83 bits per heavy atom. The summed E-state index contributed by atoms with van der Waals surface area (Å²) in [4.78, 5) is 3.87. The van der Waals surface area contributed by atoms with Crippen LogP contribution in [0.4, 0.5) is 0 Å². The van der Waals surface area contributed by atoms with E-state index in [0.717, 1.165) is 24.2 Å². The standard InChI is InChI=1S/C8H9Cl2NS/c9-7-4-11-5-8(10)6(7)2-1-3-12/h4-5,12H,1-3H2. The molecular weight excluding hydrogens is 213 g/mol. The van der Waals surface area contributed by atoms with Crippen LogP contribution in [0.3, 0.4) is 0 Å². The van der Waals surface area contributed by atoms with Gasteiger partial charge < -0.3 is 0 Å².